The summed E-state index contributed by atoms with van der Waals surface area (Å²) in [6.07, 6.45) is 5.93. The number of aliphatic hydroxyl groups is 1. The number of nitrogens with one attached hydrogen (secondary N) is 1. The standard InChI is InChI=1S/C24H33N3O3S/c1-14(22(29)26-10-11-30-4)17-7-8-24(3)12-18-20(15(2)19(24)21(17)28)27-23(31-18)16-6-5-9-25-13-16/h5-6,9,13-15,17,19,21,28H,7-8,10-12H2,1-4H3,(H,26,29)/t14-,15+,17+,19+,21-,24+/m0/s1. The smallest absolute Gasteiger partial charge is 0.223 e. The van der Waals surface area contributed by atoms with Crippen LogP contribution < -0.4 is 5.32 Å². The number of aliphatic hydroxyl groups excluding tert-OH is 1. The highest BCUT2D eigenvalue weighted by Gasteiger charge is 2.53. The summed E-state index contributed by atoms with van der Waals surface area (Å²) in [6.45, 7) is 7.45. The molecule has 31 heavy (non-hydrogen) atoms. The van der Waals surface area contributed by atoms with E-state index in [2.05, 4.69) is 24.1 Å². The highest BCUT2D eigenvalue weighted by atomic mass is 32.1. The summed E-state index contributed by atoms with van der Waals surface area (Å²) in [4.78, 5) is 23.2. The van der Waals surface area contributed by atoms with Gasteiger partial charge in [0.15, 0.2) is 0 Å². The van der Waals surface area contributed by atoms with Gasteiger partial charge in [-0.15, -0.1) is 11.3 Å². The fraction of sp³-hybridized carbons (Fsp3) is 0.625. The van der Waals surface area contributed by atoms with Crippen LogP contribution in [0, 0.1) is 23.2 Å². The maximum atomic E-state index is 12.6. The van der Waals surface area contributed by atoms with E-state index in [1.54, 1.807) is 24.6 Å². The molecule has 7 heteroatoms. The monoisotopic (exact) mass is 443 g/mol. The third-order valence-electron chi connectivity index (χ3n) is 7.49. The molecule has 1 fully saturated rings. The van der Waals surface area contributed by atoms with Crippen molar-refractivity contribution in [3.63, 3.8) is 0 Å². The second-order valence-corrected chi connectivity index (χ2v) is 10.6. The van der Waals surface area contributed by atoms with E-state index in [9.17, 15) is 9.90 Å². The number of nitrogens with zero attached hydrogens (tertiary/aromatic N) is 2. The molecule has 2 N–H and O–H groups in total. The summed E-state index contributed by atoms with van der Waals surface area (Å²) < 4.78 is 5.03. The van der Waals surface area contributed by atoms with Crippen molar-refractivity contribution >= 4 is 17.2 Å². The Labute approximate surface area is 188 Å². The minimum atomic E-state index is -0.520. The quantitative estimate of drug-likeness (QED) is 0.666. The highest BCUT2D eigenvalue weighted by Crippen LogP contribution is 2.57. The third kappa shape index (κ3) is 4.15. The lowest BCUT2D eigenvalue weighted by atomic mass is 9.53. The molecule has 1 saturated carbocycles. The summed E-state index contributed by atoms with van der Waals surface area (Å²) >= 11 is 1.76. The Morgan fingerprint density at radius 1 is 1.48 bits per heavy atom. The molecule has 6 nitrogen and oxygen atoms in total. The first-order chi connectivity index (χ1) is 14.9. The topological polar surface area (TPSA) is 84.3 Å². The van der Waals surface area contributed by atoms with Crippen LogP contribution in [-0.2, 0) is 16.0 Å². The van der Waals surface area contributed by atoms with Gasteiger partial charge in [-0.25, -0.2) is 4.98 Å². The van der Waals surface area contributed by atoms with Gasteiger partial charge in [0.2, 0.25) is 5.91 Å². The largest absolute Gasteiger partial charge is 0.392 e. The predicted molar refractivity (Wildman–Crippen MR) is 122 cm³/mol. The fourth-order valence-corrected chi connectivity index (χ4v) is 7.14. The molecule has 0 saturated heterocycles. The van der Waals surface area contributed by atoms with E-state index in [4.69, 9.17) is 9.72 Å². The molecule has 6 atom stereocenters. The van der Waals surface area contributed by atoms with Crippen LogP contribution in [0.4, 0.5) is 0 Å². The van der Waals surface area contributed by atoms with Gasteiger partial charge in [-0.05, 0) is 48.6 Å². The van der Waals surface area contributed by atoms with Gasteiger partial charge in [-0.1, -0.05) is 20.8 Å². The average Bonchev–Trinajstić information content (AvgIpc) is 3.18. The molecule has 0 aromatic carbocycles. The maximum Gasteiger partial charge on any atom is 0.223 e. The van der Waals surface area contributed by atoms with E-state index in [0.717, 1.165) is 35.5 Å². The van der Waals surface area contributed by atoms with Crippen LogP contribution in [0.5, 0.6) is 0 Å². The minimum absolute atomic E-state index is 0.00127. The molecule has 0 aliphatic heterocycles. The Bertz CT molecular complexity index is 918. The molecule has 1 amide bonds. The molecule has 2 aliphatic rings. The minimum Gasteiger partial charge on any atom is -0.392 e. The van der Waals surface area contributed by atoms with E-state index in [1.807, 2.05) is 25.3 Å². The normalized spacial score (nSPS) is 30.9. The van der Waals surface area contributed by atoms with Crippen molar-refractivity contribution in [2.24, 2.45) is 23.2 Å². The van der Waals surface area contributed by atoms with Crippen LogP contribution in [0.15, 0.2) is 24.5 Å². The van der Waals surface area contributed by atoms with Crippen LogP contribution >= 0.6 is 11.3 Å². The molecule has 0 bridgehead atoms. The molecule has 0 spiro atoms. The zero-order chi connectivity index (χ0) is 22.2. The second-order valence-electron chi connectivity index (χ2n) is 9.48. The Morgan fingerprint density at radius 3 is 3.00 bits per heavy atom. The number of carbonyl (C=O) groups is 1. The van der Waals surface area contributed by atoms with Crippen molar-refractivity contribution in [3.05, 3.63) is 35.1 Å². The molecule has 4 rings (SSSR count). The van der Waals surface area contributed by atoms with Crippen LogP contribution in [0.1, 0.15) is 50.1 Å². The van der Waals surface area contributed by atoms with Gasteiger partial charge in [0.1, 0.15) is 5.01 Å². The Balaban J connectivity index is 1.56. The fourth-order valence-electron chi connectivity index (χ4n) is 5.79. The van der Waals surface area contributed by atoms with Gasteiger partial charge in [-0.2, -0.15) is 0 Å². The van der Waals surface area contributed by atoms with Crippen LogP contribution in [-0.4, -0.2) is 47.3 Å². The molecule has 2 heterocycles. The lowest BCUT2D eigenvalue weighted by Gasteiger charge is -2.53. The summed E-state index contributed by atoms with van der Waals surface area (Å²) in [5.74, 6) is -0.0254. The molecule has 2 aromatic rings. The first-order valence-corrected chi connectivity index (χ1v) is 12.0. The number of fused-ring (bicyclic) bond motifs is 2. The molecule has 168 valence electrons. The van der Waals surface area contributed by atoms with Gasteiger partial charge >= 0.3 is 0 Å². The van der Waals surface area contributed by atoms with Gasteiger partial charge < -0.3 is 15.2 Å². The van der Waals surface area contributed by atoms with Crippen LogP contribution in [0.3, 0.4) is 0 Å². The molecule has 0 radical (unpaired) electrons. The molecular weight excluding hydrogens is 410 g/mol. The summed E-state index contributed by atoms with van der Waals surface area (Å²) in [6, 6.07) is 3.99. The number of aromatic nitrogens is 2. The number of thiazole rings is 1. The number of amides is 1. The van der Waals surface area contributed by atoms with E-state index < -0.39 is 6.10 Å². The maximum absolute atomic E-state index is 12.6. The number of hydrogen-bond donors (Lipinski definition) is 2. The zero-order valence-corrected chi connectivity index (χ0v) is 19.6. The number of rotatable bonds is 6. The predicted octanol–water partition coefficient (Wildman–Crippen LogP) is 3.66. The third-order valence-corrected chi connectivity index (χ3v) is 8.61. The lowest BCUT2D eigenvalue weighted by molar-refractivity contribution is -0.135. The van der Waals surface area contributed by atoms with E-state index in [0.29, 0.717) is 13.2 Å². The van der Waals surface area contributed by atoms with E-state index >= 15 is 0 Å². The van der Waals surface area contributed by atoms with Crippen molar-refractivity contribution in [1.82, 2.24) is 15.3 Å². The van der Waals surface area contributed by atoms with Crippen LogP contribution in [0.2, 0.25) is 0 Å². The summed E-state index contributed by atoms with van der Waals surface area (Å²) in [5, 5.41) is 15.4. The number of hydrogen-bond acceptors (Lipinski definition) is 6. The van der Waals surface area contributed by atoms with E-state index in [1.165, 1.54) is 4.88 Å². The summed E-state index contributed by atoms with van der Waals surface area (Å²) in [5.41, 5.74) is 2.18. The van der Waals surface area contributed by atoms with Gasteiger partial charge in [0, 0.05) is 48.3 Å². The number of methoxy groups -OCH3 is 1. The Hall–Kier alpha value is -1.83. The van der Waals surface area contributed by atoms with Crippen molar-refractivity contribution < 1.29 is 14.6 Å². The van der Waals surface area contributed by atoms with Gasteiger partial charge in [-0.3, -0.25) is 9.78 Å². The molecule has 2 aromatic heterocycles. The highest BCUT2D eigenvalue weighted by molar-refractivity contribution is 7.15. The van der Waals surface area contributed by atoms with Crippen molar-refractivity contribution in [2.45, 2.75) is 52.1 Å². The van der Waals surface area contributed by atoms with Crippen LogP contribution in [0.25, 0.3) is 10.6 Å². The second kappa shape index (κ2) is 8.96. The average molecular weight is 444 g/mol. The first kappa shape index (κ1) is 22.4. The van der Waals surface area contributed by atoms with Gasteiger partial charge in [0.05, 0.1) is 18.4 Å². The SMILES string of the molecule is COCCNC(=O)[C@@H](C)[C@H]1CC[C@]2(C)Cc3sc(-c4cccnc4)nc3[C@H](C)[C@@H]2[C@H]1O. The van der Waals surface area contributed by atoms with Crippen molar-refractivity contribution in [3.8, 4) is 10.6 Å². The summed E-state index contributed by atoms with van der Waals surface area (Å²) in [7, 11) is 1.62. The molecule has 0 unspecified atom stereocenters. The Morgan fingerprint density at radius 2 is 2.29 bits per heavy atom. The van der Waals surface area contributed by atoms with Crippen molar-refractivity contribution in [2.75, 3.05) is 20.3 Å². The van der Waals surface area contributed by atoms with Crippen molar-refractivity contribution in [1.29, 1.82) is 0 Å². The van der Waals surface area contributed by atoms with E-state index in [-0.39, 0.29) is 35.0 Å². The number of pyridine rings is 1. The first-order valence-electron chi connectivity index (χ1n) is 11.2. The number of ether oxygens (including phenoxy) is 1. The zero-order valence-electron chi connectivity index (χ0n) is 18.8. The van der Waals surface area contributed by atoms with Gasteiger partial charge in [0.25, 0.3) is 0 Å². The molecular formula is C24H33N3O3S. The molecule has 2 aliphatic carbocycles. The Kier molecular flexibility index (Phi) is 6.47. The lowest BCUT2D eigenvalue weighted by Crippen LogP contribution is -2.53. The number of carbonyl (C=O) groups excluding carboxylic acids is 1.